The number of hydrogen-bond acceptors (Lipinski definition) is 4. The molecule has 2 heterocycles. The minimum atomic E-state index is -0.481. The molecule has 21 heavy (non-hydrogen) atoms. The first-order chi connectivity index (χ1) is 10.2. The van der Waals surface area contributed by atoms with Crippen LogP contribution in [0.2, 0.25) is 0 Å². The predicted molar refractivity (Wildman–Crippen MR) is 77.8 cm³/mol. The molecule has 0 bridgehead atoms. The molecule has 0 spiro atoms. The van der Waals surface area contributed by atoms with E-state index in [9.17, 15) is 4.79 Å². The maximum Gasteiger partial charge on any atom is 0.251 e. The van der Waals surface area contributed by atoms with Crippen molar-refractivity contribution in [2.45, 2.75) is 6.92 Å². The van der Waals surface area contributed by atoms with E-state index in [-0.39, 0.29) is 0 Å². The van der Waals surface area contributed by atoms with Gasteiger partial charge in [0.25, 0.3) is 5.95 Å². The number of rotatable bonds is 3. The van der Waals surface area contributed by atoms with Crippen LogP contribution in [0.25, 0.3) is 17.2 Å². The average Bonchev–Trinajstić information content (AvgIpc) is 2.90. The third-order valence-corrected chi connectivity index (χ3v) is 3.04. The fourth-order valence-corrected chi connectivity index (χ4v) is 2.17. The van der Waals surface area contributed by atoms with E-state index < -0.39 is 5.91 Å². The minimum absolute atomic E-state index is 0.439. The number of carbonyl (C=O) groups is 1. The average molecular weight is 279 g/mol. The van der Waals surface area contributed by atoms with Gasteiger partial charge in [0.2, 0.25) is 5.91 Å². The van der Waals surface area contributed by atoms with E-state index in [1.165, 1.54) is 0 Å². The third-order valence-electron chi connectivity index (χ3n) is 3.04. The molecule has 0 aliphatic rings. The van der Waals surface area contributed by atoms with Crippen LogP contribution in [0.1, 0.15) is 16.1 Å². The third kappa shape index (κ3) is 2.38. The number of nitrogens with zero attached hydrogens (tertiary/aromatic N) is 4. The second-order valence-electron chi connectivity index (χ2n) is 4.54. The standard InChI is InChI=1S/C15H13N5O/c1-10-9-13(11-5-2-3-6-12(11)14(16)21)20(19-10)15-17-7-4-8-18-15/h2-9H,1H3,(H2,16,21). The Morgan fingerprint density at radius 2 is 1.86 bits per heavy atom. The van der Waals surface area contributed by atoms with Gasteiger partial charge in [-0.15, -0.1) is 0 Å². The van der Waals surface area contributed by atoms with Gasteiger partial charge in [-0.2, -0.15) is 9.78 Å². The highest BCUT2D eigenvalue weighted by Crippen LogP contribution is 2.25. The largest absolute Gasteiger partial charge is 0.366 e. The molecule has 0 atom stereocenters. The Bertz CT molecular complexity index is 795. The maximum absolute atomic E-state index is 11.6. The molecule has 3 aromatic rings. The van der Waals surface area contributed by atoms with E-state index in [1.54, 1.807) is 35.3 Å². The lowest BCUT2D eigenvalue weighted by Crippen LogP contribution is -2.13. The van der Waals surface area contributed by atoms with Gasteiger partial charge < -0.3 is 5.73 Å². The molecule has 2 aromatic heterocycles. The van der Waals surface area contributed by atoms with Crippen LogP contribution >= 0.6 is 0 Å². The summed E-state index contributed by atoms with van der Waals surface area (Å²) >= 11 is 0. The van der Waals surface area contributed by atoms with Gasteiger partial charge in [-0.3, -0.25) is 4.79 Å². The second-order valence-corrected chi connectivity index (χ2v) is 4.54. The van der Waals surface area contributed by atoms with Gasteiger partial charge in [0, 0.05) is 23.5 Å². The summed E-state index contributed by atoms with van der Waals surface area (Å²) in [5.74, 6) is -0.0372. The van der Waals surface area contributed by atoms with Gasteiger partial charge in [-0.25, -0.2) is 9.97 Å². The molecule has 1 aromatic carbocycles. The summed E-state index contributed by atoms with van der Waals surface area (Å²) in [6.07, 6.45) is 3.28. The van der Waals surface area contributed by atoms with Crippen molar-refractivity contribution in [3.63, 3.8) is 0 Å². The molecule has 0 fully saturated rings. The fraction of sp³-hybridized carbons (Fsp3) is 0.0667. The van der Waals surface area contributed by atoms with E-state index in [4.69, 9.17) is 5.73 Å². The van der Waals surface area contributed by atoms with Crippen molar-refractivity contribution >= 4 is 5.91 Å². The maximum atomic E-state index is 11.6. The predicted octanol–water partition coefficient (Wildman–Crippen LogP) is 1.74. The molecule has 0 aliphatic heterocycles. The number of amides is 1. The summed E-state index contributed by atoms with van der Waals surface area (Å²) in [6, 6.07) is 10.7. The van der Waals surface area contributed by atoms with Gasteiger partial charge in [-0.05, 0) is 25.1 Å². The molecule has 6 heteroatoms. The molecular weight excluding hydrogens is 266 g/mol. The van der Waals surface area contributed by atoms with Crippen LogP contribution in [-0.2, 0) is 0 Å². The highest BCUT2D eigenvalue weighted by atomic mass is 16.1. The molecule has 6 nitrogen and oxygen atoms in total. The van der Waals surface area contributed by atoms with Crippen LogP contribution in [-0.4, -0.2) is 25.7 Å². The smallest absolute Gasteiger partial charge is 0.251 e. The number of benzene rings is 1. The molecule has 0 radical (unpaired) electrons. The first kappa shape index (κ1) is 13.0. The van der Waals surface area contributed by atoms with Crippen molar-refractivity contribution in [1.29, 1.82) is 0 Å². The molecular formula is C15H13N5O. The Morgan fingerprint density at radius 1 is 1.14 bits per heavy atom. The van der Waals surface area contributed by atoms with Crippen molar-refractivity contribution in [2.75, 3.05) is 0 Å². The van der Waals surface area contributed by atoms with E-state index >= 15 is 0 Å². The first-order valence-corrected chi connectivity index (χ1v) is 6.40. The zero-order valence-electron chi connectivity index (χ0n) is 11.4. The van der Waals surface area contributed by atoms with Crippen molar-refractivity contribution in [1.82, 2.24) is 19.7 Å². The molecule has 3 rings (SSSR count). The molecule has 0 saturated carbocycles. The molecule has 2 N–H and O–H groups in total. The van der Waals surface area contributed by atoms with Gasteiger partial charge >= 0.3 is 0 Å². The van der Waals surface area contributed by atoms with Crippen molar-refractivity contribution in [3.8, 4) is 17.2 Å². The lowest BCUT2D eigenvalue weighted by Gasteiger charge is -2.08. The number of aryl methyl sites for hydroxylation is 1. The normalized spacial score (nSPS) is 10.5. The molecule has 1 amide bonds. The van der Waals surface area contributed by atoms with Crippen molar-refractivity contribution in [3.05, 3.63) is 60.0 Å². The van der Waals surface area contributed by atoms with Gasteiger partial charge in [0.15, 0.2) is 0 Å². The second kappa shape index (κ2) is 5.16. The Balaban J connectivity index is 2.23. The molecule has 0 aliphatic carbocycles. The van der Waals surface area contributed by atoms with Crippen LogP contribution in [0, 0.1) is 6.92 Å². The van der Waals surface area contributed by atoms with Crippen LogP contribution in [0.3, 0.4) is 0 Å². The Kier molecular flexibility index (Phi) is 3.19. The van der Waals surface area contributed by atoms with Gasteiger partial charge in [-0.1, -0.05) is 18.2 Å². The van der Waals surface area contributed by atoms with Crippen LogP contribution < -0.4 is 5.73 Å². The highest BCUT2D eigenvalue weighted by molar-refractivity contribution is 5.99. The summed E-state index contributed by atoms with van der Waals surface area (Å²) in [4.78, 5) is 20.0. The van der Waals surface area contributed by atoms with Gasteiger partial charge in [0.05, 0.1) is 11.4 Å². The lowest BCUT2D eigenvalue weighted by molar-refractivity contribution is 0.100. The van der Waals surface area contributed by atoms with E-state index in [0.717, 1.165) is 11.4 Å². The molecule has 104 valence electrons. The van der Waals surface area contributed by atoms with Crippen LogP contribution in [0.15, 0.2) is 48.8 Å². The summed E-state index contributed by atoms with van der Waals surface area (Å²) in [5.41, 5.74) is 8.13. The monoisotopic (exact) mass is 279 g/mol. The van der Waals surface area contributed by atoms with Crippen molar-refractivity contribution < 1.29 is 4.79 Å². The fourth-order valence-electron chi connectivity index (χ4n) is 2.17. The summed E-state index contributed by atoms with van der Waals surface area (Å²) in [5, 5.41) is 4.40. The summed E-state index contributed by atoms with van der Waals surface area (Å²) < 4.78 is 1.61. The number of primary amides is 1. The van der Waals surface area contributed by atoms with Gasteiger partial charge in [0.1, 0.15) is 0 Å². The van der Waals surface area contributed by atoms with E-state index in [0.29, 0.717) is 17.1 Å². The van der Waals surface area contributed by atoms with E-state index in [1.807, 2.05) is 25.1 Å². The highest BCUT2D eigenvalue weighted by Gasteiger charge is 2.16. The molecule has 0 unspecified atom stereocenters. The topological polar surface area (TPSA) is 86.7 Å². The number of hydrogen-bond donors (Lipinski definition) is 1. The number of carbonyl (C=O) groups excluding carboxylic acids is 1. The first-order valence-electron chi connectivity index (χ1n) is 6.40. The van der Waals surface area contributed by atoms with Crippen LogP contribution in [0.4, 0.5) is 0 Å². The Morgan fingerprint density at radius 3 is 2.57 bits per heavy atom. The summed E-state index contributed by atoms with van der Waals surface area (Å²) in [6.45, 7) is 1.87. The summed E-state index contributed by atoms with van der Waals surface area (Å²) in [7, 11) is 0. The van der Waals surface area contributed by atoms with Crippen LogP contribution in [0.5, 0.6) is 0 Å². The molecule has 0 saturated heterocycles. The van der Waals surface area contributed by atoms with E-state index in [2.05, 4.69) is 15.1 Å². The Hall–Kier alpha value is -3.02. The SMILES string of the molecule is Cc1cc(-c2ccccc2C(N)=O)n(-c2ncccn2)n1. The quantitative estimate of drug-likeness (QED) is 0.791. The zero-order chi connectivity index (χ0) is 14.8. The lowest BCUT2D eigenvalue weighted by atomic mass is 10.0. The number of nitrogens with two attached hydrogens (primary N) is 1. The minimum Gasteiger partial charge on any atom is -0.366 e. The number of aromatic nitrogens is 4. The Labute approximate surface area is 121 Å². The zero-order valence-corrected chi connectivity index (χ0v) is 11.4. The van der Waals surface area contributed by atoms with Crippen molar-refractivity contribution in [2.24, 2.45) is 5.73 Å².